The molecule has 1 aromatic carbocycles. The summed E-state index contributed by atoms with van der Waals surface area (Å²) in [7, 11) is 0. The minimum atomic E-state index is 0.542. The Kier molecular flexibility index (Phi) is 3.74. The third-order valence-electron chi connectivity index (χ3n) is 2.71. The highest BCUT2D eigenvalue weighted by Gasteiger charge is 2.14. The Morgan fingerprint density at radius 1 is 1.31 bits per heavy atom. The lowest BCUT2D eigenvalue weighted by atomic mass is 10.1. The fraction of sp³-hybridized carbons (Fsp3) is 0.417. The first-order chi connectivity index (χ1) is 7.77. The fourth-order valence-corrected chi connectivity index (χ4v) is 2.12. The average molecular weight is 236 g/mol. The maximum atomic E-state index is 5.61. The molecule has 0 amide bonds. The molecule has 0 saturated carbocycles. The van der Waals surface area contributed by atoms with Gasteiger partial charge < -0.3 is 15.4 Å². The van der Waals surface area contributed by atoms with Crippen molar-refractivity contribution in [2.45, 2.75) is 6.42 Å². The molecule has 0 bridgehead atoms. The number of nitrogens with zero attached hydrogens (tertiary/aromatic N) is 1. The monoisotopic (exact) mass is 236 g/mol. The molecule has 16 heavy (non-hydrogen) atoms. The highest BCUT2D eigenvalue weighted by molar-refractivity contribution is 7.80. The molecule has 2 rings (SSSR count). The second-order valence-corrected chi connectivity index (χ2v) is 4.40. The quantitative estimate of drug-likeness (QED) is 0.804. The Labute approximate surface area is 101 Å². The van der Waals surface area contributed by atoms with E-state index in [0.29, 0.717) is 11.4 Å². The van der Waals surface area contributed by atoms with Crippen LogP contribution in [0.25, 0.3) is 0 Å². The van der Waals surface area contributed by atoms with Crippen molar-refractivity contribution < 1.29 is 4.74 Å². The summed E-state index contributed by atoms with van der Waals surface area (Å²) in [5.74, 6) is 0. The van der Waals surface area contributed by atoms with E-state index in [9.17, 15) is 0 Å². The molecule has 0 aliphatic carbocycles. The van der Waals surface area contributed by atoms with Crippen LogP contribution in [0.4, 0.5) is 5.69 Å². The van der Waals surface area contributed by atoms with E-state index in [2.05, 4.69) is 17.0 Å². The standard InChI is InChI=1S/C12H16N2OS/c13-12(16)9-10-3-1-2-4-11(10)14-5-7-15-8-6-14/h1-4H,5-9H2,(H2,13,16). The van der Waals surface area contributed by atoms with Crippen molar-refractivity contribution in [2.24, 2.45) is 5.73 Å². The SMILES string of the molecule is NC(=S)Cc1ccccc1N1CCOCC1. The Balaban J connectivity index is 2.20. The van der Waals surface area contributed by atoms with Crippen LogP contribution in [0, 0.1) is 0 Å². The van der Waals surface area contributed by atoms with E-state index >= 15 is 0 Å². The van der Waals surface area contributed by atoms with Crippen LogP contribution < -0.4 is 10.6 Å². The number of hydrogen-bond donors (Lipinski definition) is 1. The predicted octanol–water partition coefficient (Wildman–Crippen LogP) is 1.35. The first-order valence-corrected chi connectivity index (χ1v) is 5.87. The van der Waals surface area contributed by atoms with Crippen molar-refractivity contribution in [3.8, 4) is 0 Å². The van der Waals surface area contributed by atoms with Gasteiger partial charge in [-0.1, -0.05) is 30.4 Å². The number of hydrogen-bond acceptors (Lipinski definition) is 3. The number of benzene rings is 1. The Hall–Kier alpha value is -1.13. The summed E-state index contributed by atoms with van der Waals surface area (Å²) < 4.78 is 5.35. The van der Waals surface area contributed by atoms with Crippen LogP contribution in [0.3, 0.4) is 0 Å². The smallest absolute Gasteiger partial charge is 0.0772 e. The maximum Gasteiger partial charge on any atom is 0.0772 e. The van der Waals surface area contributed by atoms with Gasteiger partial charge in [0, 0.05) is 25.2 Å². The van der Waals surface area contributed by atoms with Gasteiger partial charge in [-0.2, -0.15) is 0 Å². The predicted molar refractivity (Wildman–Crippen MR) is 70.0 cm³/mol. The van der Waals surface area contributed by atoms with Crippen molar-refractivity contribution >= 4 is 22.9 Å². The topological polar surface area (TPSA) is 38.5 Å². The average Bonchev–Trinajstić information content (AvgIpc) is 2.30. The molecule has 1 fully saturated rings. The van der Waals surface area contributed by atoms with Gasteiger partial charge in [0.1, 0.15) is 0 Å². The van der Waals surface area contributed by atoms with Crippen LogP contribution in [-0.4, -0.2) is 31.3 Å². The zero-order valence-corrected chi connectivity index (χ0v) is 10.0. The largest absolute Gasteiger partial charge is 0.393 e. The Bertz CT molecular complexity index is 375. The molecular formula is C12H16N2OS. The lowest BCUT2D eigenvalue weighted by Crippen LogP contribution is -2.37. The Morgan fingerprint density at radius 2 is 2.00 bits per heavy atom. The van der Waals surface area contributed by atoms with Crippen molar-refractivity contribution in [3.63, 3.8) is 0 Å². The summed E-state index contributed by atoms with van der Waals surface area (Å²) >= 11 is 4.97. The number of morpholine rings is 1. The third kappa shape index (κ3) is 2.71. The van der Waals surface area contributed by atoms with Crippen LogP contribution in [0.1, 0.15) is 5.56 Å². The van der Waals surface area contributed by atoms with Gasteiger partial charge in [-0.3, -0.25) is 0 Å². The number of ether oxygens (including phenoxy) is 1. The van der Waals surface area contributed by atoms with Gasteiger partial charge in [-0.25, -0.2) is 0 Å². The van der Waals surface area contributed by atoms with Crippen molar-refractivity contribution in [2.75, 3.05) is 31.2 Å². The molecule has 0 aromatic heterocycles. The molecule has 3 nitrogen and oxygen atoms in total. The van der Waals surface area contributed by atoms with Gasteiger partial charge >= 0.3 is 0 Å². The van der Waals surface area contributed by atoms with Gasteiger partial charge in [0.25, 0.3) is 0 Å². The number of anilines is 1. The number of thiocarbonyl (C=S) groups is 1. The summed E-state index contributed by atoms with van der Waals surface area (Å²) in [6, 6.07) is 8.29. The van der Waals surface area contributed by atoms with E-state index in [1.54, 1.807) is 0 Å². The van der Waals surface area contributed by atoms with Crippen LogP contribution in [0.5, 0.6) is 0 Å². The zero-order valence-electron chi connectivity index (χ0n) is 9.19. The molecule has 0 spiro atoms. The number of nitrogens with two attached hydrogens (primary N) is 1. The van der Waals surface area contributed by atoms with E-state index in [0.717, 1.165) is 26.3 Å². The van der Waals surface area contributed by atoms with Crippen LogP contribution in [0.15, 0.2) is 24.3 Å². The van der Waals surface area contributed by atoms with Crippen molar-refractivity contribution in [1.82, 2.24) is 0 Å². The second kappa shape index (κ2) is 5.27. The first kappa shape index (κ1) is 11.4. The first-order valence-electron chi connectivity index (χ1n) is 5.46. The lowest BCUT2D eigenvalue weighted by Gasteiger charge is -2.30. The molecule has 1 heterocycles. The summed E-state index contributed by atoms with van der Waals surface area (Å²) in [5.41, 5.74) is 8.05. The van der Waals surface area contributed by atoms with Gasteiger partial charge in [0.2, 0.25) is 0 Å². The van der Waals surface area contributed by atoms with Crippen LogP contribution in [-0.2, 0) is 11.2 Å². The molecule has 2 N–H and O–H groups in total. The molecule has 1 saturated heterocycles. The highest BCUT2D eigenvalue weighted by atomic mass is 32.1. The van der Waals surface area contributed by atoms with Crippen LogP contribution >= 0.6 is 12.2 Å². The second-order valence-electron chi connectivity index (χ2n) is 3.87. The molecule has 0 atom stereocenters. The zero-order chi connectivity index (χ0) is 11.4. The summed E-state index contributed by atoms with van der Waals surface area (Å²) in [5, 5.41) is 0. The fourth-order valence-electron chi connectivity index (χ4n) is 1.96. The molecule has 1 aliphatic rings. The van der Waals surface area contributed by atoms with Crippen LogP contribution in [0.2, 0.25) is 0 Å². The molecular weight excluding hydrogens is 220 g/mol. The summed E-state index contributed by atoms with van der Waals surface area (Å²) in [4.78, 5) is 2.87. The van der Waals surface area contributed by atoms with E-state index < -0.39 is 0 Å². The van der Waals surface area contributed by atoms with E-state index in [-0.39, 0.29) is 0 Å². The van der Waals surface area contributed by atoms with Gasteiger partial charge in [0.15, 0.2) is 0 Å². The van der Waals surface area contributed by atoms with E-state index in [4.69, 9.17) is 22.7 Å². The summed E-state index contributed by atoms with van der Waals surface area (Å²) in [6.07, 6.45) is 0.670. The van der Waals surface area contributed by atoms with Gasteiger partial charge in [0.05, 0.1) is 18.2 Å². The lowest BCUT2D eigenvalue weighted by molar-refractivity contribution is 0.122. The molecule has 4 heteroatoms. The maximum absolute atomic E-state index is 5.61. The summed E-state index contributed by atoms with van der Waals surface area (Å²) in [6.45, 7) is 3.46. The van der Waals surface area contributed by atoms with Gasteiger partial charge in [-0.15, -0.1) is 0 Å². The minimum Gasteiger partial charge on any atom is -0.393 e. The van der Waals surface area contributed by atoms with Crippen molar-refractivity contribution in [1.29, 1.82) is 0 Å². The minimum absolute atomic E-state index is 0.542. The van der Waals surface area contributed by atoms with E-state index in [1.807, 2.05) is 12.1 Å². The molecule has 1 aromatic rings. The molecule has 0 unspecified atom stereocenters. The van der Waals surface area contributed by atoms with Crippen molar-refractivity contribution in [3.05, 3.63) is 29.8 Å². The molecule has 0 radical (unpaired) electrons. The molecule has 86 valence electrons. The van der Waals surface area contributed by atoms with Gasteiger partial charge in [-0.05, 0) is 11.6 Å². The Morgan fingerprint density at radius 3 is 2.69 bits per heavy atom. The normalized spacial score (nSPS) is 16.1. The highest BCUT2D eigenvalue weighted by Crippen LogP contribution is 2.21. The number of rotatable bonds is 3. The third-order valence-corrected chi connectivity index (χ3v) is 2.85. The van der Waals surface area contributed by atoms with E-state index in [1.165, 1.54) is 11.3 Å². The number of para-hydroxylation sites is 1. The molecule has 1 aliphatic heterocycles.